The standard InChI is InChI=1S/C28H41NO/c1-20-9-15-28-21(2)10-13-26(17-24(20)28)18-29-19-27(29)14-11-22(7-6-16-30)23(27)8-4-5-12-25(26,28)3/h21-23,30H,6-19H2,1-3H3. The molecule has 2 aliphatic heterocycles. The van der Waals surface area contributed by atoms with Gasteiger partial charge < -0.3 is 5.11 Å². The van der Waals surface area contributed by atoms with E-state index in [4.69, 9.17) is 0 Å². The first-order valence-electron chi connectivity index (χ1n) is 12.9. The van der Waals surface area contributed by atoms with Crippen molar-refractivity contribution in [1.82, 2.24) is 4.90 Å². The van der Waals surface area contributed by atoms with Gasteiger partial charge in [-0.2, -0.15) is 0 Å². The molecule has 30 heavy (non-hydrogen) atoms. The Morgan fingerprint density at radius 1 is 1.13 bits per heavy atom. The minimum Gasteiger partial charge on any atom is -0.396 e. The third-order valence-electron chi connectivity index (χ3n) is 11.8. The summed E-state index contributed by atoms with van der Waals surface area (Å²) in [7, 11) is 0. The minimum absolute atomic E-state index is 0.349. The van der Waals surface area contributed by atoms with Gasteiger partial charge in [-0.3, -0.25) is 4.90 Å². The molecule has 2 heterocycles. The zero-order valence-corrected chi connectivity index (χ0v) is 19.5. The molecule has 6 aliphatic rings. The summed E-state index contributed by atoms with van der Waals surface area (Å²) in [6.45, 7) is 10.7. The lowest BCUT2D eigenvalue weighted by Gasteiger charge is -2.58. The van der Waals surface area contributed by atoms with Crippen LogP contribution in [0.4, 0.5) is 0 Å². The normalized spacial score (nSPS) is 53.3. The molecule has 6 rings (SSSR count). The Kier molecular flexibility index (Phi) is 4.23. The molecule has 1 saturated heterocycles. The van der Waals surface area contributed by atoms with Gasteiger partial charge in [0.2, 0.25) is 0 Å². The average Bonchev–Trinajstić information content (AvgIpc) is 3.09. The number of hydrogen-bond acceptors (Lipinski definition) is 2. The van der Waals surface area contributed by atoms with Crippen LogP contribution in [0.5, 0.6) is 0 Å². The smallest absolute Gasteiger partial charge is 0.0431 e. The van der Waals surface area contributed by atoms with Crippen molar-refractivity contribution in [3.8, 4) is 11.8 Å². The highest BCUT2D eigenvalue weighted by molar-refractivity contribution is 5.43. The maximum Gasteiger partial charge on any atom is 0.0431 e. The van der Waals surface area contributed by atoms with Gasteiger partial charge in [0.1, 0.15) is 0 Å². The van der Waals surface area contributed by atoms with E-state index in [0.717, 1.165) is 37.0 Å². The maximum atomic E-state index is 9.39. The fourth-order valence-electron chi connectivity index (χ4n) is 10.0. The molecule has 4 fully saturated rings. The van der Waals surface area contributed by atoms with Gasteiger partial charge in [0, 0.05) is 43.5 Å². The Hall–Kier alpha value is -0.780. The molecule has 1 N–H and O–H groups in total. The van der Waals surface area contributed by atoms with Crippen molar-refractivity contribution in [3.63, 3.8) is 0 Å². The van der Waals surface area contributed by atoms with Crippen molar-refractivity contribution in [3.05, 3.63) is 11.1 Å². The summed E-state index contributed by atoms with van der Waals surface area (Å²) in [6.07, 6.45) is 14.1. The molecule has 2 spiro atoms. The summed E-state index contributed by atoms with van der Waals surface area (Å²) in [6, 6.07) is 0. The van der Waals surface area contributed by atoms with E-state index in [1.807, 2.05) is 5.57 Å². The highest BCUT2D eigenvalue weighted by Crippen LogP contribution is 2.79. The van der Waals surface area contributed by atoms with Crippen molar-refractivity contribution in [2.75, 3.05) is 19.7 Å². The summed E-state index contributed by atoms with van der Waals surface area (Å²) in [4.78, 5) is 2.95. The van der Waals surface area contributed by atoms with E-state index >= 15 is 0 Å². The van der Waals surface area contributed by atoms with Crippen LogP contribution in [0.2, 0.25) is 0 Å². The summed E-state index contributed by atoms with van der Waals surface area (Å²) in [5, 5.41) is 9.39. The Morgan fingerprint density at radius 3 is 2.83 bits per heavy atom. The molecular formula is C28H41NO. The van der Waals surface area contributed by atoms with Gasteiger partial charge in [-0.25, -0.2) is 0 Å². The summed E-state index contributed by atoms with van der Waals surface area (Å²) in [5.41, 5.74) is 5.31. The van der Waals surface area contributed by atoms with Gasteiger partial charge in [-0.15, -0.1) is 11.8 Å². The fraction of sp³-hybridized carbons (Fsp3) is 0.857. The topological polar surface area (TPSA) is 23.2 Å². The zero-order valence-electron chi connectivity index (χ0n) is 19.5. The number of allylic oxidation sites excluding steroid dienone is 2. The zero-order chi connectivity index (χ0) is 20.8. The number of rotatable bonds is 3. The second-order valence-corrected chi connectivity index (χ2v) is 12.4. The van der Waals surface area contributed by atoms with Gasteiger partial charge in [0.15, 0.2) is 0 Å². The Morgan fingerprint density at radius 2 is 2.00 bits per heavy atom. The lowest BCUT2D eigenvalue weighted by Crippen LogP contribution is -2.55. The molecule has 8 unspecified atom stereocenters. The van der Waals surface area contributed by atoms with Crippen LogP contribution >= 0.6 is 0 Å². The molecule has 8 atom stereocenters. The van der Waals surface area contributed by atoms with Crippen LogP contribution in [0.25, 0.3) is 0 Å². The second kappa shape index (κ2) is 6.39. The quantitative estimate of drug-likeness (QED) is 0.376. The predicted octanol–water partition coefficient (Wildman–Crippen LogP) is 5.56. The van der Waals surface area contributed by atoms with E-state index in [1.54, 1.807) is 5.57 Å². The summed E-state index contributed by atoms with van der Waals surface area (Å²) < 4.78 is 0. The fourth-order valence-corrected chi connectivity index (χ4v) is 10.0. The molecule has 2 nitrogen and oxygen atoms in total. The van der Waals surface area contributed by atoms with Crippen LogP contribution in [0.15, 0.2) is 11.1 Å². The van der Waals surface area contributed by atoms with Crippen LogP contribution < -0.4 is 0 Å². The lowest BCUT2D eigenvalue weighted by molar-refractivity contribution is -0.0900. The number of aliphatic hydroxyl groups is 1. The Labute approximate surface area is 183 Å². The van der Waals surface area contributed by atoms with Gasteiger partial charge in [0.05, 0.1) is 0 Å². The Bertz CT molecular complexity index is 848. The molecule has 4 aliphatic carbocycles. The van der Waals surface area contributed by atoms with E-state index < -0.39 is 0 Å². The first-order valence-corrected chi connectivity index (χ1v) is 12.9. The Balaban J connectivity index is 1.40. The van der Waals surface area contributed by atoms with Gasteiger partial charge in [0.25, 0.3) is 0 Å². The molecule has 0 aromatic carbocycles. The van der Waals surface area contributed by atoms with Gasteiger partial charge >= 0.3 is 0 Å². The molecule has 2 heteroatoms. The first-order chi connectivity index (χ1) is 14.4. The largest absolute Gasteiger partial charge is 0.396 e. The first kappa shape index (κ1) is 19.9. The highest BCUT2D eigenvalue weighted by Gasteiger charge is 2.73. The van der Waals surface area contributed by atoms with E-state index in [0.29, 0.717) is 28.4 Å². The maximum absolute atomic E-state index is 9.39. The third kappa shape index (κ3) is 2.20. The lowest BCUT2D eigenvalue weighted by atomic mass is 9.46. The van der Waals surface area contributed by atoms with Crippen LogP contribution in [0, 0.1) is 45.8 Å². The molecule has 0 radical (unpaired) electrons. The van der Waals surface area contributed by atoms with Gasteiger partial charge in [-0.1, -0.05) is 25.0 Å². The van der Waals surface area contributed by atoms with Crippen LogP contribution in [-0.4, -0.2) is 35.2 Å². The van der Waals surface area contributed by atoms with Crippen LogP contribution in [-0.2, 0) is 0 Å². The number of nitrogens with zero attached hydrogens (tertiary/aromatic N) is 1. The monoisotopic (exact) mass is 407 g/mol. The van der Waals surface area contributed by atoms with Crippen molar-refractivity contribution >= 4 is 0 Å². The summed E-state index contributed by atoms with van der Waals surface area (Å²) >= 11 is 0. The highest BCUT2D eigenvalue weighted by atomic mass is 16.2. The van der Waals surface area contributed by atoms with Gasteiger partial charge in [-0.05, 0) is 93.3 Å². The average molecular weight is 408 g/mol. The molecule has 2 bridgehead atoms. The molecule has 164 valence electrons. The molecule has 0 amide bonds. The minimum atomic E-state index is 0.349. The summed E-state index contributed by atoms with van der Waals surface area (Å²) in [5.74, 6) is 9.92. The molecule has 0 aromatic heterocycles. The van der Waals surface area contributed by atoms with E-state index in [9.17, 15) is 5.11 Å². The number of hydrogen-bond donors (Lipinski definition) is 1. The van der Waals surface area contributed by atoms with Crippen LogP contribution in [0.3, 0.4) is 0 Å². The predicted molar refractivity (Wildman–Crippen MR) is 122 cm³/mol. The van der Waals surface area contributed by atoms with E-state index in [1.165, 1.54) is 64.5 Å². The molecular weight excluding hydrogens is 366 g/mol. The van der Waals surface area contributed by atoms with E-state index in [-0.39, 0.29) is 0 Å². The van der Waals surface area contributed by atoms with Crippen molar-refractivity contribution in [2.45, 2.75) is 96.9 Å². The van der Waals surface area contributed by atoms with Crippen LogP contribution in [0.1, 0.15) is 91.4 Å². The van der Waals surface area contributed by atoms with Crippen molar-refractivity contribution in [2.24, 2.45) is 34.0 Å². The van der Waals surface area contributed by atoms with Crippen molar-refractivity contribution in [1.29, 1.82) is 0 Å². The van der Waals surface area contributed by atoms with Crippen molar-refractivity contribution < 1.29 is 5.11 Å². The third-order valence-corrected chi connectivity index (χ3v) is 11.8. The molecule has 0 aromatic rings. The van der Waals surface area contributed by atoms with E-state index in [2.05, 4.69) is 37.5 Å². The SMILES string of the molecule is CC1=C2CC34CCC(C)C2(CC1)C3(C)CC#CCC1C(CCCO)CCC12CN2C4. The molecule has 3 saturated carbocycles. The number of aliphatic hydroxyl groups excluding tert-OH is 1. The second-order valence-electron chi connectivity index (χ2n) is 12.4.